The first-order valence-corrected chi connectivity index (χ1v) is 11.6. The van der Waals surface area contributed by atoms with Crippen molar-refractivity contribution in [2.45, 2.75) is 37.5 Å². The Hall–Kier alpha value is -2.48. The minimum Gasteiger partial charge on any atom is -0.508 e. The van der Waals surface area contributed by atoms with Gasteiger partial charge in [-0.15, -0.1) is 0 Å². The number of nitrogens with zero attached hydrogens (tertiary/aromatic N) is 1. The van der Waals surface area contributed by atoms with Crippen LogP contribution in [0, 0.1) is 15.4 Å². The van der Waals surface area contributed by atoms with Gasteiger partial charge in [0.05, 0.1) is 27.2 Å². The second-order valence-corrected chi connectivity index (χ2v) is 10.5. The number of likely N-dealkylation sites (N-methyl/N-ethyl adjacent to an activating group) is 1. The van der Waals surface area contributed by atoms with Crippen LogP contribution in [0.25, 0.3) is 5.76 Å². The molecule has 1 aromatic carbocycles. The highest BCUT2D eigenvalue weighted by molar-refractivity contribution is 14.1. The van der Waals surface area contributed by atoms with E-state index in [1.807, 2.05) is 22.6 Å². The molecule has 0 amide bonds. The third-order valence-electron chi connectivity index (χ3n) is 7.32. The van der Waals surface area contributed by atoms with E-state index in [9.17, 15) is 39.9 Å². The van der Waals surface area contributed by atoms with E-state index < -0.39 is 75.5 Å². The van der Waals surface area contributed by atoms with Crippen LogP contribution in [0.4, 0.5) is 5.69 Å². The summed E-state index contributed by atoms with van der Waals surface area (Å²) in [6, 6.07) is 0.177. The van der Waals surface area contributed by atoms with Crippen LogP contribution in [0.2, 0.25) is 0 Å². The van der Waals surface area contributed by atoms with Crippen molar-refractivity contribution in [2.24, 2.45) is 11.8 Å². The summed E-state index contributed by atoms with van der Waals surface area (Å²) in [5, 5.41) is 55.9. The van der Waals surface area contributed by atoms with Gasteiger partial charge in [0.2, 0.25) is 5.78 Å². The van der Waals surface area contributed by atoms with E-state index >= 15 is 0 Å². The molecule has 1 aromatic rings. The molecule has 3 aliphatic rings. The number of aliphatic hydroxyl groups is 4. The number of rotatable bonds is 2. The van der Waals surface area contributed by atoms with Crippen molar-refractivity contribution >= 4 is 51.4 Å². The maximum atomic E-state index is 13.8. The number of hydrogen-bond donors (Lipinski definition) is 6. The van der Waals surface area contributed by atoms with Gasteiger partial charge in [0.1, 0.15) is 22.8 Å². The number of benzene rings is 1. The van der Waals surface area contributed by atoms with Crippen molar-refractivity contribution in [1.82, 2.24) is 4.90 Å². The first-order valence-electron chi connectivity index (χ1n) is 10.5. The highest BCUT2D eigenvalue weighted by Crippen LogP contribution is 2.57. The molecule has 10 nitrogen and oxygen atoms in total. The molecule has 3 aliphatic carbocycles. The Balaban J connectivity index is 2.10. The van der Waals surface area contributed by atoms with E-state index in [1.54, 1.807) is 6.92 Å². The molecule has 1 fully saturated rings. The van der Waals surface area contributed by atoms with Crippen LogP contribution >= 0.6 is 22.6 Å². The summed E-state index contributed by atoms with van der Waals surface area (Å²) in [6.45, 7) is 2.66. The van der Waals surface area contributed by atoms with Crippen molar-refractivity contribution in [3.8, 4) is 5.75 Å². The topological polar surface area (TPSA) is 182 Å². The lowest BCUT2D eigenvalue weighted by Gasteiger charge is -2.53. The average molecular weight is 584 g/mol. The predicted molar refractivity (Wildman–Crippen MR) is 129 cm³/mol. The Morgan fingerprint density at radius 1 is 1.21 bits per heavy atom. The maximum absolute atomic E-state index is 13.8. The van der Waals surface area contributed by atoms with E-state index in [-0.39, 0.29) is 17.0 Å². The van der Waals surface area contributed by atoms with Crippen LogP contribution in [-0.2, 0) is 14.4 Å². The van der Waals surface area contributed by atoms with Gasteiger partial charge in [0, 0.05) is 17.2 Å². The number of phenols is 1. The lowest BCUT2D eigenvalue weighted by Crippen LogP contribution is -2.70. The Morgan fingerprint density at radius 2 is 1.79 bits per heavy atom. The quantitative estimate of drug-likeness (QED) is 0.126. The smallest absolute Gasteiger partial charge is 0.202 e. The largest absolute Gasteiger partial charge is 0.508 e. The zero-order chi connectivity index (χ0) is 25.6. The molecule has 0 saturated heterocycles. The molecule has 0 heterocycles. The van der Waals surface area contributed by atoms with E-state index in [4.69, 9.17) is 5.73 Å². The number of phenolic OH excluding ortho intramolecular Hbond substituents is 1. The number of carbonyl (C=O) groups excluding carboxylic acids is 3. The number of carbonyl (C=O) groups is 3. The molecule has 34 heavy (non-hydrogen) atoms. The molecule has 0 bridgehead atoms. The summed E-state index contributed by atoms with van der Waals surface area (Å²) in [7, 11) is 2.97. The van der Waals surface area contributed by atoms with E-state index in [1.165, 1.54) is 25.1 Å². The molecule has 0 aromatic heterocycles. The zero-order valence-electron chi connectivity index (χ0n) is 18.8. The molecule has 0 spiro atoms. The van der Waals surface area contributed by atoms with Crippen LogP contribution in [0.5, 0.6) is 5.75 Å². The predicted octanol–water partition coefficient (Wildman–Crippen LogP) is 0.786. The van der Waals surface area contributed by atoms with Crippen molar-refractivity contribution in [2.75, 3.05) is 19.8 Å². The number of aliphatic hydroxyl groups excluding tert-OH is 3. The number of ketones is 3. The lowest BCUT2D eigenvalue weighted by molar-refractivity contribution is -0.169. The second kappa shape index (κ2) is 7.77. The Labute approximate surface area is 208 Å². The van der Waals surface area contributed by atoms with Crippen molar-refractivity contribution in [1.29, 1.82) is 0 Å². The number of aromatic hydroxyl groups is 1. The third kappa shape index (κ3) is 2.87. The average Bonchev–Trinajstić information content (AvgIpc) is 2.73. The van der Waals surface area contributed by atoms with Gasteiger partial charge in [-0.2, -0.15) is 0 Å². The van der Waals surface area contributed by atoms with Crippen LogP contribution in [0.1, 0.15) is 30.9 Å². The van der Waals surface area contributed by atoms with Gasteiger partial charge in [-0.25, -0.2) is 0 Å². The van der Waals surface area contributed by atoms with Gasteiger partial charge in [-0.3, -0.25) is 19.3 Å². The number of fused-ring (bicyclic) bond motifs is 3. The minimum absolute atomic E-state index is 0.0999. The molecule has 6 atom stereocenters. The van der Waals surface area contributed by atoms with Gasteiger partial charge in [-0.05, 0) is 61.2 Å². The van der Waals surface area contributed by atoms with Crippen LogP contribution in [0.15, 0.2) is 23.0 Å². The molecule has 7 N–H and O–H groups in total. The van der Waals surface area contributed by atoms with Gasteiger partial charge >= 0.3 is 0 Å². The molecular weight excluding hydrogens is 559 g/mol. The monoisotopic (exact) mass is 584 g/mol. The van der Waals surface area contributed by atoms with E-state index in [2.05, 4.69) is 0 Å². The Kier molecular flexibility index (Phi) is 5.63. The molecule has 11 heteroatoms. The SMILES string of the molecule is CC(=O)C1=C(O)[C@@]2(O)C(=O)C3=C(O)c4c(O)c(I)cc(N)c4[C@H](C)[C@H]3[C@H](O)[C@H]2[C@H](N(C)C)C1=O. The number of anilines is 1. The molecule has 182 valence electrons. The van der Waals surface area contributed by atoms with Crippen LogP contribution in [-0.4, -0.2) is 79.6 Å². The van der Waals surface area contributed by atoms with Gasteiger partial charge < -0.3 is 31.3 Å². The summed E-state index contributed by atoms with van der Waals surface area (Å²) in [5.41, 5.74) is 2.61. The summed E-state index contributed by atoms with van der Waals surface area (Å²) < 4.78 is 0.310. The maximum Gasteiger partial charge on any atom is 0.202 e. The number of nitrogens with two attached hydrogens (primary N) is 1. The molecular formula is C23H25IN2O8. The second-order valence-electron chi connectivity index (χ2n) is 9.33. The summed E-state index contributed by atoms with van der Waals surface area (Å²) in [4.78, 5) is 40.6. The van der Waals surface area contributed by atoms with Gasteiger partial charge in [0.25, 0.3) is 0 Å². The normalized spacial score (nSPS) is 33.1. The Morgan fingerprint density at radius 3 is 2.32 bits per heavy atom. The number of Topliss-reactive ketones (excluding diaryl/α,β-unsaturated/α-hetero) is 3. The molecule has 0 aliphatic heterocycles. The summed E-state index contributed by atoms with van der Waals surface area (Å²) in [6.07, 6.45) is -1.61. The summed E-state index contributed by atoms with van der Waals surface area (Å²) >= 11 is 1.81. The summed E-state index contributed by atoms with van der Waals surface area (Å²) in [5.74, 6) is -8.39. The zero-order valence-corrected chi connectivity index (χ0v) is 21.0. The van der Waals surface area contributed by atoms with Crippen molar-refractivity contribution in [3.05, 3.63) is 37.7 Å². The van der Waals surface area contributed by atoms with Crippen LogP contribution < -0.4 is 5.73 Å². The number of nitrogen functional groups attached to an aromatic ring is 1. The fraction of sp³-hybridized carbons (Fsp3) is 0.435. The molecule has 0 unspecified atom stereocenters. The van der Waals surface area contributed by atoms with Crippen LogP contribution in [0.3, 0.4) is 0 Å². The van der Waals surface area contributed by atoms with Gasteiger partial charge in [-0.1, -0.05) is 6.92 Å². The molecule has 0 radical (unpaired) electrons. The minimum atomic E-state index is -2.86. The highest BCUT2D eigenvalue weighted by Gasteiger charge is 2.68. The molecule has 4 rings (SSSR count). The van der Waals surface area contributed by atoms with Gasteiger partial charge in [0.15, 0.2) is 17.2 Å². The highest BCUT2D eigenvalue weighted by atomic mass is 127. The van der Waals surface area contributed by atoms with E-state index in [0.717, 1.165) is 6.92 Å². The fourth-order valence-corrected chi connectivity index (χ4v) is 6.48. The fourth-order valence-electron chi connectivity index (χ4n) is 5.87. The number of hydrogen-bond acceptors (Lipinski definition) is 10. The Bertz CT molecular complexity index is 1240. The van der Waals surface area contributed by atoms with Crippen molar-refractivity contribution < 1.29 is 39.9 Å². The third-order valence-corrected chi connectivity index (χ3v) is 8.14. The number of halogens is 1. The van der Waals surface area contributed by atoms with E-state index in [0.29, 0.717) is 9.13 Å². The first-order chi connectivity index (χ1) is 15.7. The first kappa shape index (κ1) is 24.6. The standard InChI is InChI=1S/C23H25IN2O8/c1-6-10-9(25)5-8(24)17(28)13(10)18(29)14-11(6)19(30)15-16(26(3)4)20(31)12(7(2)27)21(32)23(15,34)22(14)33/h5-6,11,15-16,19,28-30,32,34H,25H2,1-4H3/t6-,11+,15+,16-,19-,23+/m0/s1. The lowest BCUT2D eigenvalue weighted by atomic mass is 9.54. The van der Waals surface area contributed by atoms with Crippen molar-refractivity contribution in [3.63, 3.8) is 0 Å². The molecule has 1 saturated carbocycles.